The van der Waals surface area contributed by atoms with E-state index in [0.717, 1.165) is 22.7 Å². The van der Waals surface area contributed by atoms with Gasteiger partial charge in [-0.3, -0.25) is 9.78 Å². The molecule has 8 nitrogen and oxygen atoms in total. The van der Waals surface area contributed by atoms with Gasteiger partial charge in [-0.15, -0.1) is 0 Å². The van der Waals surface area contributed by atoms with Gasteiger partial charge >= 0.3 is 5.69 Å². The number of rotatable bonds is 5. The van der Waals surface area contributed by atoms with Gasteiger partial charge in [-0.2, -0.15) is 5.10 Å². The van der Waals surface area contributed by atoms with Crippen LogP contribution in [0.15, 0.2) is 58.5 Å². The van der Waals surface area contributed by atoms with Crippen LogP contribution in [-0.4, -0.2) is 31.1 Å². The van der Waals surface area contributed by atoms with Gasteiger partial charge in [0.2, 0.25) is 0 Å². The van der Waals surface area contributed by atoms with E-state index >= 15 is 0 Å². The fourth-order valence-corrected chi connectivity index (χ4v) is 3.04. The highest BCUT2D eigenvalue weighted by Crippen LogP contribution is 2.21. The lowest BCUT2D eigenvalue weighted by atomic mass is 10.1. The Morgan fingerprint density at radius 2 is 2.07 bits per heavy atom. The van der Waals surface area contributed by atoms with Crippen LogP contribution in [0.4, 0.5) is 5.69 Å². The first-order chi connectivity index (χ1) is 13.1. The zero-order chi connectivity index (χ0) is 18.8. The van der Waals surface area contributed by atoms with Crippen molar-refractivity contribution in [3.63, 3.8) is 0 Å². The van der Waals surface area contributed by atoms with Gasteiger partial charge < -0.3 is 10.3 Å². The molecule has 0 bridgehead atoms. The number of nitrogens with one attached hydrogen (secondary N) is 3. The van der Waals surface area contributed by atoms with Crippen molar-refractivity contribution in [1.29, 1.82) is 0 Å². The van der Waals surface area contributed by atoms with E-state index in [1.807, 2.05) is 24.3 Å². The van der Waals surface area contributed by atoms with Crippen molar-refractivity contribution < 1.29 is 0 Å². The van der Waals surface area contributed by atoms with E-state index in [1.54, 1.807) is 23.0 Å². The molecule has 0 saturated carbocycles. The average Bonchev–Trinajstić information content (AvgIpc) is 3.12. The fraction of sp³-hybridized carbons (Fsp3) is 0.111. The topological polar surface area (TPSA) is 108 Å². The molecule has 4 rings (SSSR count). The lowest BCUT2D eigenvalue weighted by molar-refractivity contribution is 0.929. The second kappa shape index (κ2) is 7.08. The first-order valence-corrected chi connectivity index (χ1v) is 8.63. The summed E-state index contributed by atoms with van der Waals surface area (Å²) in [6.45, 7) is 0.623. The molecule has 0 aliphatic rings. The van der Waals surface area contributed by atoms with Crippen LogP contribution >= 0.6 is 11.6 Å². The molecule has 0 amide bonds. The number of aromatic nitrogens is 5. The van der Waals surface area contributed by atoms with Crippen LogP contribution in [-0.2, 0) is 6.42 Å². The number of imidazole rings is 1. The third kappa shape index (κ3) is 3.47. The summed E-state index contributed by atoms with van der Waals surface area (Å²) in [5.74, 6) is 0. The van der Waals surface area contributed by atoms with Gasteiger partial charge in [0.15, 0.2) is 5.65 Å². The second-order valence-electron chi connectivity index (χ2n) is 5.89. The summed E-state index contributed by atoms with van der Waals surface area (Å²) in [7, 11) is 0. The smallest absolute Gasteiger partial charge is 0.325 e. The molecule has 0 atom stereocenters. The summed E-state index contributed by atoms with van der Waals surface area (Å²) in [5.41, 5.74) is 2.01. The SMILES string of the molecule is O=c1[nH]cc(-c2cc(NCCc3ccccc3Cl)c3nccn3n2)c(=O)[nH]1. The van der Waals surface area contributed by atoms with Gasteiger partial charge in [-0.25, -0.2) is 14.3 Å². The van der Waals surface area contributed by atoms with Crippen LogP contribution in [0.25, 0.3) is 16.9 Å². The van der Waals surface area contributed by atoms with Crippen LogP contribution in [0.2, 0.25) is 5.02 Å². The highest BCUT2D eigenvalue weighted by Gasteiger charge is 2.12. The zero-order valence-electron chi connectivity index (χ0n) is 14.1. The summed E-state index contributed by atoms with van der Waals surface area (Å²) in [6.07, 6.45) is 5.39. The normalized spacial score (nSPS) is 11.0. The van der Waals surface area contributed by atoms with E-state index in [4.69, 9.17) is 11.6 Å². The van der Waals surface area contributed by atoms with E-state index in [9.17, 15) is 9.59 Å². The highest BCUT2D eigenvalue weighted by atomic mass is 35.5. The average molecular weight is 383 g/mol. The summed E-state index contributed by atoms with van der Waals surface area (Å²) in [4.78, 5) is 32.3. The Labute approximate surface area is 157 Å². The molecule has 3 aromatic heterocycles. The van der Waals surface area contributed by atoms with E-state index in [2.05, 4.69) is 25.4 Å². The second-order valence-corrected chi connectivity index (χ2v) is 6.30. The molecule has 9 heteroatoms. The molecule has 0 aliphatic heterocycles. The molecule has 0 aliphatic carbocycles. The third-order valence-electron chi connectivity index (χ3n) is 4.12. The minimum absolute atomic E-state index is 0.263. The number of nitrogens with zero attached hydrogens (tertiary/aromatic N) is 3. The monoisotopic (exact) mass is 382 g/mol. The Morgan fingerprint density at radius 1 is 1.22 bits per heavy atom. The summed E-state index contributed by atoms with van der Waals surface area (Å²) < 4.78 is 1.58. The fourth-order valence-electron chi connectivity index (χ4n) is 2.81. The van der Waals surface area contributed by atoms with Crippen molar-refractivity contribution in [2.45, 2.75) is 6.42 Å². The molecule has 0 radical (unpaired) electrons. The Bertz CT molecular complexity index is 1230. The molecule has 136 valence electrons. The van der Waals surface area contributed by atoms with Gasteiger partial charge in [0, 0.05) is 30.2 Å². The third-order valence-corrected chi connectivity index (χ3v) is 4.49. The van der Waals surface area contributed by atoms with Gasteiger partial charge in [-0.1, -0.05) is 29.8 Å². The number of halogens is 1. The zero-order valence-corrected chi connectivity index (χ0v) is 14.8. The van der Waals surface area contributed by atoms with Crippen LogP contribution in [0.5, 0.6) is 0 Å². The lowest BCUT2D eigenvalue weighted by Crippen LogP contribution is -2.23. The number of benzene rings is 1. The number of hydrogen-bond acceptors (Lipinski definition) is 5. The minimum atomic E-state index is -0.564. The van der Waals surface area contributed by atoms with E-state index in [-0.39, 0.29) is 5.56 Å². The highest BCUT2D eigenvalue weighted by molar-refractivity contribution is 6.31. The van der Waals surface area contributed by atoms with E-state index in [0.29, 0.717) is 17.9 Å². The van der Waals surface area contributed by atoms with Gasteiger partial charge in [0.05, 0.1) is 11.3 Å². The van der Waals surface area contributed by atoms with E-state index in [1.165, 1.54) is 6.20 Å². The van der Waals surface area contributed by atoms with Gasteiger partial charge in [0.1, 0.15) is 5.69 Å². The Morgan fingerprint density at radius 3 is 2.89 bits per heavy atom. The summed E-state index contributed by atoms with van der Waals surface area (Å²) in [6, 6.07) is 9.41. The predicted octanol–water partition coefficient (Wildman–Crippen LogP) is 2.08. The number of hydrogen-bond donors (Lipinski definition) is 3. The van der Waals surface area contributed by atoms with Gasteiger partial charge in [0.25, 0.3) is 5.56 Å². The molecular weight excluding hydrogens is 368 g/mol. The van der Waals surface area contributed by atoms with Crippen molar-refractivity contribution in [1.82, 2.24) is 24.6 Å². The van der Waals surface area contributed by atoms with Crippen LogP contribution in [0.1, 0.15) is 5.56 Å². The maximum atomic E-state index is 12.1. The maximum Gasteiger partial charge on any atom is 0.325 e. The number of H-pyrrole nitrogens is 2. The molecule has 3 N–H and O–H groups in total. The minimum Gasteiger partial charge on any atom is -0.382 e. The first-order valence-electron chi connectivity index (χ1n) is 8.26. The molecular formula is C18H15ClN6O2. The number of fused-ring (bicyclic) bond motifs is 1. The Balaban J connectivity index is 1.66. The Hall–Kier alpha value is -3.39. The summed E-state index contributed by atoms with van der Waals surface area (Å²) in [5, 5.41) is 8.43. The molecule has 1 aromatic carbocycles. The lowest BCUT2D eigenvalue weighted by Gasteiger charge is -2.10. The largest absolute Gasteiger partial charge is 0.382 e. The van der Waals surface area contributed by atoms with E-state index < -0.39 is 11.2 Å². The molecule has 27 heavy (non-hydrogen) atoms. The predicted molar refractivity (Wildman–Crippen MR) is 103 cm³/mol. The van der Waals surface area contributed by atoms with Crippen molar-refractivity contribution in [3.8, 4) is 11.3 Å². The van der Waals surface area contributed by atoms with Crippen molar-refractivity contribution in [3.05, 3.63) is 80.3 Å². The number of anilines is 1. The maximum absolute atomic E-state index is 12.1. The van der Waals surface area contributed by atoms with Crippen LogP contribution < -0.4 is 16.6 Å². The number of aromatic amines is 2. The quantitative estimate of drug-likeness (QED) is 0.489. The molecule has 0 spiro atoms. The van der Waals surface area contributed by atoms with Gasteiger partial charge in [-0.05, 0) is 24.1 Å². The molecule has 0 saturated heterocycles. The van der Waals surface area contributed by atoms with Crippen LogP contribution in [0, 0.1) is 0 Å². The molecule has 0 fully saturated rings. The molecule has 3 heterocycles. The summed E-state index contributed by atoms with van der Waals surface area (Å²) >= 11 is 6.20. The van der Waals surface area contributed by atoms with Crippen molar-refractivity contribution in [2.24, 2.45) is 0 Å². The standard InChI is InChI=1S/C18H15ClN6O2/c19-13-4-2-1-3-11(13)5-6-20-15-9-14(24-25-8-7-21-16(15)25)12-10-22-18(27)23-17(12)26/h1-4,7-10,20H,5-6H2,(H2,22,23,26,27). The molecule has 0 unspecified atom stereocenters. The Kier molecular flexibility index (Phi) is 4.47. The molecule has 4 aromatic rings. The first kappa shape index (κ1) is 17.0. The van der Waals surface area contributed by atoms with Crippen LogP contribution in [0.3, 0.4) is 0 Å². The van der Waals surface area contributed by atoms with Crippen molar-refractivity contribution >= 4 is 22.9 Å². The van der Waals surface area contributed by atoms with Crippen molar-refractivity contribution in [2.75, 3.05) is 11.9 Å².